The fourth-order valence-electron chi connectivity index (χ4n) is 2.46. The van der Waals surface area contributed by atoms with Crippen molar-refractivity contribution in [3.8, 4) is 5.75 Å². The lowest BCUT2D eigenvalue weighted by molar-refractivity contribution is 0.0944. The first-order valence-electron chi connectivity index (χ1n) is 8.65. The number of benzene rings is 2. The largest absolute Gasteiger partial charge is 0.489 e. The molecule has 0 aliphatic rings. The molecule has 3 rings (SSSR count). The minimum absolute atomic E-state index is 0.0130. The summed E-state index contributed by atoms with van der Waals surface area (Å²) in [7, 11) is 0. The number of aromatic nitrogens is 2. The van der Waals surface area contributed by atoms with Crippen molar-refractivity contribution in [2.75, 3.05) is 18.8 Å². The lowest BCUT2D eigenvalue weighted by Crippen LogP contribution is -2.32. The van der Waals surface area contributed by atoms with Gasteiger partial charge in [0.2, 0.25) is 11.5 Å². The number of anilines is 1. The Balaban J connectivity index is 1.44. The summed E-state index contributed by atoms with van der Waals surface area (Å²) in [6.07, 6.45) is 0. The van der Waals surface area contributed by atoms with Gasteiger partial charge in [0, 0.05) is 30.2 Å². The first kappa shape index (κ1) is 19.7. The minimum Gasteiger partial charge on any atom is -0.489 e. The Hall–Kier alpha value is -3.10. The minimum atomic E-state index is -0.424. The molecular weight excluding hydrogens is 382 g/mol. The van der Waals surface area contributed by atoms with Crippen molar-refractivity contribution in [3.63, 3.8) is 0 Å². The third-order valence-corrected chi connectivity index (χ3v) is 4.16. The van der Waals surface area contributed by atoms with Gasteiger partial charge in [0.1, 0.15) is 12.4 Å². The monoisotopic (exact) mass is 401 g/mol. The second-order valence-electron chi connectivity index (χ2n) is 5.95. The number of nitrogen functional groups attached to an aromatic ring is 1. The van der Waals surface area contributed by atoms with Gasteiger partial charge in [-0.3, -0.25) is 4.79 Å². The Morgan fingerprint density at radius 2 is 1.89 bits per heavy atom. The quantitative estimate of drug-likeness (QED) is 0.471. The SMILES string of the molecule is Nc1nonc1C(=O)NCCNCc1ccccc1OCc1ccc(Cl)cc1. The van der Waals surface area contributed by atoms with Crippen LogP contribution in [-0.2, 0) is 13.2 Å². The second-order valence-corrected chi connectivity index (χ2v) is 6.39. The molecule has 0 aliphatic carbocycles. The number of nitrogens with two attached hydrogens (primary N) is 1. The predicted octanol–water partition coefficient (Wildman–Crippen LogP) is 2.40. The third-order valence-electron chi connectivity index (χ3n) is 3.91. The van der Waals surface area contributed by atoms with Crippen molar-refractivity contribution in [3.05, 3.63) is 70.4 Å². The summed E-state index contributed by atoms with van der Waals surface area (Å²) in [6.45, 7) is 2.01. The van der Waals surface area contributed by atoms with Crippen molar-refractivity contribution in [1.82, 2.24) is 20.9 Å². The van der Waals surface area contributed by atoms with Crippen LogP contribution in [0.3, 0.4) is 0 Å². The van der Waals surface area contributed by atoms with E-state index in [2.05, 4.69) is 25.6 Å². The number of hydrogen-bond donors (Lipinski definition) is 3. The molecule has 8 nitrogen and oxygen atoms in total. The van der Waals surface area contributed by atoms with Gasteiger partial charge in [0.05, 0.1) is 0 Å². The van der Waals surface area contributed by atoms with E-state index in [1.165, 1.54) is 0 Å². The van der Waals surface area contributed by atoms with Crippen LogP contribution in [0.1, 0.15) is 21.6 Å². The number of halogens is 1. The molecule has 0 saturated heterocycles. The van der Waals surface area contributed by atoms with Crippen molar-refractivity contribution in [2.45, 2.75) is 13.2 Å². The van der Waals surface area contributed by atoms with Gasteiger partial charge in [-0.2, -0.15) is 0 Å². The zero-order valence-electron chi connectivity index (χ0n) is 15.0. The van der Waals surface area contributed by atoms with Crippen molar-refractivity contribution in [1.29, 1.82) is 0 Å². The summed E-state index contributed by atoms with van der Waals surface area (Å²) in [5.41, 5.74) is 7.52. The Kier molecular flexibility index (Phi) is 6.83. The molecule has 1 amide bonds. The Labute approximate surface area is 167 Å². The van der Waals surface area contributed by atoms with Crippen molar-refractivity contribution < 1.29 is 14.2 Å². The van der Waals surface area contributed by atoms with E-state index in [1.54, 1.807) is 0 Å². The van der Waals surface area contributed by atoms with Gasteiger partial charge in [-0.05, 0) is 34.1 Å². The van der Waals surface area contributed by atoms with Crippen LogP contribution in [-0.4, -0.2) is 29.3 Å². The lowest BCUT2D eigenvalue weighted by atomic mass is 10.2. The van der Waals surface area contributed by atoms with Crippen LogP contribution in [0.15, 0.2) is 53.2 Å². The summed E-state index contributed by atoms with van der Waals surface area (Å²) in [4.78, 5) is 11.8. The zero-order chi connectivity index (χ0) is 19.8. The van der Waals surface area contributed by atoms with Crippen LogP contribution in [0.25, 0.3) is 0 Å². The molecular formula is C19H20ClN5O3. The Morgan fingerprint density at radius 1 is 1.11 bits per heavy atom. The van der Waals surface area contributed by atoms with E-state index in [9.17, 15) is 4.79 Å². The topological polar surface area (TPSA) is 115 Å². The molecule has 0 radical (unpaired) electrons. The van der Waals surface area contributed by atoms with Gasteiger partial charge in [-0.25, -0.2) is 4.63 Å². The Bertz CT molecular complexity index is 914. The van der Waals surface area contributed by atoms with E-state index in [0.717, 1.165) is 16.9 Å². The number of para-hydroxylation sites is 1. The van der Waals surface area contributed by atoms with Crippen molar-refractivity contribution >= 4 is 23.3 Å². The first-order valence-corrected chi connectivity index (χ1v) is 9.03. The number of amides is 1. The molecule has 0 atom stereocenters. The molecule has 0 spiro atoms. The molecule has 4 N–H and O–H groups in total. The van der Waals surface area contributed by atoms with Crippen LogP contribution >= 0.6 is 11.6 Å². The normalized spacial score (nSPS) is 10.6. The maximum absolute atomic E-state index is 11.8. The van der Waals surface area contributed by atoms with Crippen LogP contribution in [0, 0.1) is 0 Å². The van der Waals surface area contributed by atoms with Crippen LogP contribution < -0.4 is 21.1 Å². The molecule has 1 aromatic heterocycles. The van der Waals surface area contributed by atoms with Gasteiger partial charge in [-0.15, -0.1) is 0 Å². The number of hydrogen-bond acceptors (Lipinski definition) is 7. The summed E-state index contributed by atoms with van der Waals surface area (Å²) < 4.78 is 10.3. The zero-order valence-corrected chi connectivity index (χ0v) is 15.8. The molecule has 3 aromatic rings. The molecule has 0 unspecified atom stereocenters. The average Bonchev–Trinajstić information content (AvgIpc) is 3.14. The smallest absolute Gasteiger partial charge is 0.277 e. The fraction of sp³-hybridized carbons (Fsp3) is 0.211. The van der Waals surface area contributed by atoms with Crippen LogP contribution in [0.2, 0.25) is 5.02 Å². The van der Waals surface area contributed by atoms with E-state index in [0.29, 0.717) is 31.3 Å². The number of ether oxygens (including phenoxy) is 1. The van der Waals surface area contributed by atoms with E-state index in [4.69, 9.17) is 22.1 Å². The van der Waals surface area contributed by atoms with Crippen LogP contribution in [0.5, 0.6) is 5.75 Å². The van der Waals surface area contributed by atoms with E-state index < -0.39 is 5.91 Å². The van der Waals surface area contributed by atoms with E-state index >= 15 is 0 Å². The first-order chi connectivity index (χ1) is 13.6. The Morgan fingerprint density at radius 3 is 2.64 bits per heavy atom. The highest BCUT2D eigenvalue weighted by Crippen LogP contribution is 2.19. The summed E-state index contributed by atoms with van der Waals surface area (Å²) in [6, 6.07) is 15.3. The maximum atomic E-state index is 11.8. The standard InChI is InChI=1S/C19H20ClN5O3/c20-15-7-5-13(6-8-15)12-27-16-4-2-1-3-14(16)11-22-9-10-23-19(26)17-18(21)25-28-24-17/h1-8,22H,9-12H2,(H2,21,25)(H,23,26). The number of carbonyl (C=O) groups excluding carboxylic acids is 1. The van der Waals surface area contributed by atoms with Gasteiger partial charge in [0.25, 0.3) is 5.91 Å². The number of nitrogens with zero attached hydrogens (tertiary/aromatic N) is 2. The summed E-state index contributed by atoms with van der Waals surface area (Å²) in [5, 5.41) is 13.5. The maximum Gasteiger partial charge on any atom is 0.277 e. The highest BCUT2D eigenvalue weighted by atomic mass is 35.5. The molecule has 146 valence electrons. The van der Waals surface area contributed by atoms with Gasteiger partial charge < -0.3 is 21.1 Å². The highest BCUT2D eigenvalue weighted by Gasteiger charge is 2.14. The number of nitrogens with one attached hydrogen (secondary N) is 2. The summed E-state index contributed by atoms with van der Waals surface area (Å²) in [5.74, 6) is 0.347. The third kappa shape index (κ3) is 5.45. The van der Waals surface area contributed by atoms with Crippen LogP contribution in [0.4, 0.5) is 5.82 Å². The van der Waals surface area contributed by atoms with Gasteiger partial charge >= 0.3 is 0 Å². The average molecular weight is 402 g/mol. The van der Waals surface area contributed by atoms with E-state index in [1.807, 2.05) is 48.5 Å². The molecule has 9 heteroatoms. The molecule has 28 heavy (non-hydrogen) atoms. The van der Waals surface area contributed by atoms with Crippen molar-refractivity contribution in [2.24, 2.45) is 0 Å². The molecule has 0 aliphatic heterocycles. The predicted molar refractivity (Wildman–Crippen MR) is 105 cm³/mol. The fourth-order valence-corrected chi connectivity index (χ4v) is 2.58. The molecule has 0 saturated carbocycles. The molecule has 0 fully saturated rings. The molecule has 0 bridgehead atoms. The molecule has 2 aromatic carbocycles. The molecule has 1 heterocycles. The number of carbonyl (C=O) groups is 1. The number of rotatable bonds is 9. The van der Waals surface area contributed by atoms with Gasteiger partial charge in [0.15, 0.2) is 0 Å². The van der Waals surface area contributed by atoms with Gasteiger partial charge in [-0.1, -0.05) is 41.9 Å². The van der Waals surface area contributed by atoms with E-state index in [-0.39, 0.29) is 11.5 Å². The second kappa shape index (κ2) is 9.72. The lowest BCUT2D eigenvalue weighted by Gasteiger charge is -2.12. The summed E-state index contributed by atoms with van der Waals surface area (Å²) >= 11 is 5.90. The highest BCUT2D eigenvalue weighted by molar-refractivity contribution is 6.30.